The van der Waals surface area contributed by atoms with E-state index in [0.29, 0.717) is 0 Å². The molecular weight excluding hydrogens is 252 g/mol. The number of pyridine rings is 1. The van der Waals surface area contributed by atoms with Crippen LogP contribution in [-0.4, -0.2) is 16.1 Å². The minimum Gasteiger partial charge on any atom is -0.508 e. The third-order valence-corrected chi connectivity index (χ3v) is 3.22. The number of phenols is 1. The summed E-state index contributed by atoms with van der Waals surface area (Å²) in [4.78, 5) is 4.36. The van der Waals surface area contributed by atoms with Gasteiger partial charge in [-0.3, -0.25) is 0 Å². The zero-order valence-electron chi connectivity index (χ0n) is 11.2. The van der Waals surface area contributed by atoms with Gasteiger partial charge in [-0.05, 0) is 42.6 Å². The maximum atomic E-state index is 9.63. The molecule has 102 valence electrons. The van der Waals surface area contributed by atoms with E-state index < -0.39 is 0 Å². The molecular formula is C16H16N2O2. The van der Waals surface area contributed by atoms with E-state index in [1.165, 1.54) is 0 Å². The van der Waals surface area contributed by atoms with Crippen LogP contribution in [0.25, 0.3) is 10.8 Å². The molecule has 1 aromatic carbocycles. The number of hydrogen-bond acceptors (Lipinski definition) is 4. The van der Waals surface area contributed by atoms with E-state index in [9.17, 15) is 5.11 Å². The molecule has 0 amide bonds. The van der Waals surface area contributed by atoms with Crippen molar-refractivity contribution in [3.8, 4) is 5.75 Å². The lowest BCUT2D eigenvalue weighted by Gasteiger charge is -2.15. The molecule has 0 radical (unpaired) electrons. The van der Waals surface area contributed by atoms with Gasteiger partial charge in [0, 0.05) is 24.0 Å². The van der Waals surface area contributed by atoms with Gasteiger partial charge in [0.25, 0.3) is 0 Å². The van der Waals surface area contributed by atoms with Gasteiger partial charge in [0.1, 0.15) is 17.3 Å². The number of aromatic nitrogens is 1. The van der Waals surface area contributed by atoms with Crippen molar-refractivity contribution in [3.05, 3.63) is 54.6 Å². The summed E-state index contributed by atoms with van der Waals surface area (Å²) >= 11 is 0. The summed E-state index contributed by atoms with van der Waals surface area (Å²) in [6, 6.07) is 11.2. The number of rotatable bonds is 4. The van der Waals surface area contributed by atoms with Crippen molar-refractivity contribution in [1.29, 1.82) is 0 Å². The van der Waals surface area contributed by atoms with E-state index in [1.54, 1.807) is 24.6 Å². The van der Waals surface area contributed by atoms with Gasteiger partial charge in [0.05, 0.1) is 6.26 Å². The van der Waals surface area contributed by atoms with Crippen molar-refractivity contribution in [3.63, 3.8) is 0 Å². The molecule has 2 aromatic heterocycles. The van der Waals surface area contributed by atoms with Gasteiger partial charge in [0.15, 0.2) is 0 Å². The zero-order chi connectivity index (χ0) is 13.9. The van der Waals surface area contributed by atoms with Gasteiger partial charge < -0.3 is 14.8 Å². The highest BCUT2D eigenvalue weighted by Gasteiger charge is 2.09. The summed E-state index contributed by atoms with van der Waals surface area (Å²) in [6.07, 6.45) is 4.22. The van der Waals surface area contributed by atoms with E-state index in [-0.39, 0.29) is 11.8 Å². The Labute approximate surface area is 117 Å². The highest BCUT2D eigenvalue weighted by atomic mass is 16.3. The Morgan fingerprint density at radius 3 is 3.00 bits per heavy atom. The number of nitrogens with zero attached hydrogens (tertiary/aromatic N) is 1. The number of aromatic hydroxyl groups is 1. The van der Waals surface area contributed by atoms with Crippen LogP contribution in [-0.2, 0) is 6.42 Å². The number of anilines is 1. The topological polar surface area (TPSA) is 58.3 Å². The Morgan fingerprint density at radius 2 is 2.20 bits per heavy atom. The van der Waals surface area contributed by atoms with Crippen molar-refractivity contribution in [1.82, 2.24) is 4.98 Å². The molecule has 0 aliphatic carbocycles. The second kappa shape index (κ2) is 5.25. The molecule has 20 heavy (non-hydrogen) atoms. The van der Waals surface area contributed by atoms with Crippen molar-refractivity contribution in [2.24, 2.45) is 0 Å². The third-order valence-electron chi connectivity index (χ3n) is 3.22. The highest BCUT2D eigenvalue weighted by molar-refractivity contribution is 5.92. The first-order valence-corrected chi connectivity index (χ1v) is 6.59. The molecule has 1 unspecified atom stereocenters. The van der Waals surface area contributed by atoms with Crippen molar-refractivity contribution in [2.75, 3.05) is 5.32 Å². The second-order valence-electron chi connectivity index (χ2n) is 4.89. The molecule has 4 nitrogen and oxygen atoms in total. The van der Waals surface area contributed by atoms with Crippen LogP contribution in [0.15, 0.2) is 53.3 Å². The van der Waals surface area contributed by atoms with Crippen molar-refractivity contribution in [2.45, 2.75) is 19.4 Å². The van der Waals surface area contributed by atoms with E-state index in [4.69, 9.17) is 4.42 Å². The average molecular weight is 268 g/mol. The second-order valence-corrected chi connectivity index (χ2v) is 4.89. The molecule has 2 N–H and O–H groups in total. The van der Waals surface area contributed by atoms with Crippen LogP contribution in [0.3, 0.4) is 0 Å². The summed E-state index contributed by atoms with van der Waals surface area (Å²) < 4.78 is 5.35. The molecule has 0 aliphatic heterocycles. The summed E-state index contributed by atoms with van der Waals surface area (Å²) in [7, 11) is 0. The number of phenolic OH excluding ortho intramolecular Hbond substituents is 1. The molecule has 3 aromatic rings. The predicted octanol–water partition coefficient (Wildman–Crippen LogP) is 3.58. The number of hydrogen-bond donors (Lipinski definition) is 2. The van der Waals surface area contributed by atoms with Crippen LogP contribution < -0.4 is 5.32 Å². The van der Waals surface area contributed by atoms with E-state index >= 15 is 0 Å². The fraction of sp³-hybridized carbons (Fsp3) is 0.188. The van der Waals surface area contributed by atoms with Crippen LogP contribution in [0.5, 0.6) is 5.75 Å². The number of benzene rings is 1. The van der Waals surface area contributed by atoms with Gasteiger partial charge in [-0.2, -0.15) is 0 Å². The maximum absolute atomic E-state index is 9.63. The molecule has 0 saturated heterocycles. The predicted molar refractivity (Wildman–Crippen MR) is 78.9 cm³/mol. The number of nitrogens with one attached hydrogen (secondary N) is 1. The molecule has 0 fully saturated rings. The lowest BCUT2D eigenvalue weighted by Crippen LogP contribution is -2.18. The largest absolute Gasteiger partial charge is 0.508 e. The highest BCUT2D eigenvalue weighted by Crippen LogP contribution is 2.25. The van der Waals surface area contributed by atoms with Gasteiger partial charge in [-0.25, -0.2) is 4.98 Å². The summed E-state index contributed by atoms with van der Waals surface area (Å²) in [5.74, 6) is 1.96. The first-order chi connectivity index (χ1) is 9.72. The fourth-order valence-corrected chi connectivity index (χ4v) is 2.29. The SMILES string of the molecule is CC(Cc1ccco1)Nc1nccc2ccc(O)cc12. The van der Waals surface area contributed by atoms with Gasteiger partial charge in [-0.15, -0.1) is 0 Å². The molecule has 2 heterocycles. The summed E-state index contributed by atoms with van der Waals surface area (Å²) in [5.41, 5.74) is 0. The molecule has 4 heteroatoms. The van der Waals surface area contributed by atoms with Crippen LogP contribution in [0.1, 0.15) is 12.7 Å². The third kappa shape index (κ3) is 2.59. The van der Waals surface area contributed by atoms with Crippen molar-refractivity contribution >= 4 is 16.6 Å². The summed E-state index contributed by atoms with van der Waals surface area (Å²) in [6.45, 7) is 2.08. The molecule has 0 bridgehead atoms. The quantitative estimate of drug-likeness (QED) is 0.759. The summed E-state index contributed by atoms with van der Waals surface area (Å²) in [5, 5.41) is 15.0. The van der Waals surface area contributed by atoms with E-state index in [2.05, 4.69) is 17.2 Å². The first kappa shape index (κ1) is 12.5. The van der Waals surface area contributed by atoms with Gasteiger partial charge in [-0.1, -0.05) is 6.07 Å². The smallest absolute Gasteiger partial charge is 0.134 e. The van der Waals surface area contributed by atoms with Crippen LogP contribution in [0.4, 0.5) is 5.82 Å². The zero-order valence-corrected chi connectivity index (χ0v) is 11.2. The molecule has 0 saturated carbocycles. The van der Waals surface area contributed by atoms with Gasteiger partial charge >= 0.3 is 0 Å². The van der Waals surface area contributed by atoms with E-state index in [0.717, 1.165) is 28.8 Å². The van der Waals surface area contributed by atoms with Crippen LogP contribution in [0.2, 0.25) is 0 Å². The monoisotopic (exact) mass is 268 g/mol. The fourth-order valence-electron chi connectivity index (χ4n) is 2.29. The van der Waals surface area contributed by atoms with Crippen molar-refractivity contribution < 1.29 is 9.52 Å². The van der Waals surface area contributed by atoms with Crippen LogP contribution in [0, 0.1) is 0 Å². The van der Waals surface area contributed by atoms with E-state index in [1.807, 2.05) is 24.3 Å². The van der Waals surface area contributed by atoms with Crippen LogP contribution >= 0.6 is 0 Å². The normalized spacial score (nSPS) is 12.4. The standard InChI is InChI=1S/C16H16N2O2/c1-11(9-14-3-2-8-20-14)18-16-15-10-13(19)5-4-12(15)6-7-17-16/h2-8,10-11,19H,9H2,1H3,(H,17,18). The maximum Gasteiger partial charge on any atom is 0.134 e. The average Bonchev–Trinajstić information content (AvgIpc) is 2.92. The Balaban J connectivity index is 1.85. The van der Waals surface area contributed by atoms with Gasteiger partial charge in [0.2, 0.25) is 0 Å². The Morgan fingerprint density at radius 1 is 1.30 bits per heavy atom. The minimum atomic E-state index is 0.182. The molecule has 0 aliphatic rings. The Bertz CT molecular complexity index is 708. The number of furan rings is 1. The minimum absolute atomic E-state index is 0.182. The Hall–Kier alpha value is -2.49. The Kier molecular flexibility index (Phi) is 3.29. The lowest BCUT2D eigenvalue weighted by molar-refractivity contribution is 0.476. The lowest BCUT2D eigenvalue weighted by atomic mass is 10.1. The molecule has 1 atom stereocenters. The first-order valence-electron chi connectivity index (χ1n) is 6.59. The molecule has 3 rings (SSSR count). The molecule has 0 spiro atoms. The number of fused-ring (bicyclic) bond motifs is 1.